The third-order valence-electron chi connectivity index (χ3n) is 5.52. The highest BCUT2D eigenvalue weighted by molar-refractivity contribution is 6.10. The molecule has 1 aromatic carbocycles. The molecular formula is C21H17F3N6O. The number of hydrogen-bond acceptors (Lipinski definition) is 4. The minimum absolute atomic E-state index is 0.155. The largest absolute Gasteiger partial charge is 0.416 e. The quantitative estimate of drug-likeness (QED) is 0.485. The monoisotopic (exact) mass is 426 g/mol. The average molecular weight is 426 g/mol. The van der Waals surface area contributed by atoms with E-state index in [4.69, 9.17) is 0 Å². The van der Waals surface area contributed by atoms with Crippen LogP contribution in [0.1, 0.15) is 29.0 Å². The summed E-state index contributed by atoms with van der Waals surface area (Å²) in [6.07, 6.45) is 0.517. The number of pyridine rings is 1. The molecule has 0 saturated carbocycles. The van der Waals surface area contributed by atoms with E-state index in [9.17, 15) is 18.0 Å². The van der Waals surface area contributed by atoms with Gasteiger partial charge in [-0.05, 0) is 37.3 Å². The Labute approximate surface area is 174 Å². The molecule has 31 heavy (non-hydrogen) atoms. The number of alkyl halides is 3. The smallest absolute Gasteiger partial charge is 0.305 e. The first-order valence-electron chi connectivity index (χ1n) is 9.59. The summed E-state index contributed by atoms with van der Waals surface area (Å²) in [7, 11) is 1.81. The Bertz CT molecular complexity index is 1310. The summed E-state index contributed by atoms with van der Waals surface area (Å²) >= 11 is 0. The van der Waals surface area contributed by atoms with E-state index >= 15 is 0 Å². The van der Waals surface area contributed by atoms with Crippen LogP contribution in [0.5, 0.6) is 0 Å². The fourth-order valence-corrected chi connectivity index (χ4v) is 3.90. The summed E-state index contributed by atoms with van der Waals surface area (Å²) in [6, 6.07) is 6.35. The van der Waals surface area contributed by atoms with Crippen molar-refractivity contribution in [2.75, 3.05) is 11.4 Å². The Hall–Kier alpha value is -3.69. The van der Waals surface area contributed by atoms with Gasteiger partial charge in [-0.2, -0.15) is 23.4 Å². The Morgan fingerprint density at radius 1 is 1.06 bits per heavy atom. The Balaban J connectivity index is 1.57. The van der Waals surface area contributed by atoms with Crippen molar-refractivity contribution in [2.24, 2.45) is 7.05 Å². The van der Waals surface area contributed by atoms with Gasteiger partial charge in [0.25, 0.3) is 5.91 Å². The number of hydrogen-bond donors (Lipinski definition) is 0. The van der Waals surface area contributed by atoms with Gasteiger partial charge in [0.2, 0.25) is 0 Å². The van der Waals surface area contributed by atoms with Crippen molar-refractivity contribution in [3.63, 3.8) is 0 Å². The van der Waals surface area contributed by atoms with Crippen molar-refractivity contribution in [1.29, 1.82) is 0 Å². The molecule has 7 nitrogen and oxygen atoms in total. The van der Waals surface area contributed by atoms with Gasteiger partial charge in [-0.1, -0.05) is 0 Å². The zero-order valence-electron chi connectivity index (χ0n) is 16.6. The van der Waals surface area contributed by atoms with Crippen LogP contribution < -0.4 is 4.90 Å². The predicted molar refractivity (Wildman–Crippen MR) is 108 cm³/mol. The fourth-order valence-electron chi connectivity index (χ4n) is 3.90. The van der Waals surface area contributed by atoms with Crippen LogP contribution in [0.15, 0.2) is 48.9 Å². The van der Waals surface area contributed by atoms with E-state index in [1.165, 1.54) is 17.0 Å². The molecule has 0 N–H and O–H groups in total. The number of halogens is 3. The summed E-state index contributed by atoms with van der Waals surface area (Å²) in [4.78, 5) is 19.3. The summed E-state index contributed by atoms with van der Waals surface area (Å²) in [5, 5.41) is 8.59. The minimum Gasteiger partial charge on any atom is -0.305 e. The van der Waals surface area contributed by atoms with E-state index < -0.39 is 11.7 Å². The van der Waals surface area contributed by atoms with E-state index in [1.54, 1.807) is 35.0 Å². The summed E-state index contributed by atoms with van der Waals surface area (Å²) in [5.74, 6) is -0.324. The van der Waals surface area contributed by atoms with Crippen molar-refractivity contribution in [1.82, 2.24) is 24.5 Å². The molecule has 0 unspecified atom stereocenters. The van der Waals surface area contributed by atoms with Gasteiger partial charge in [-0.15, -0.1) is 0 Å². The number of carbonyl (C=O) groups excluding carboxylic acids is 1. The van der Waals surface area contributed by atoms with E-state index in [0.29, 0.717) is 29.1 Å². The number of amides is 1. The molecule has 1 aliphatic heterocycles. The Kier molecular flexibility index (Phi) is 4.14. The van der Waals surface area contributed by atoms with Crippen LogP contribution in [0.4, 0.5) is 18.9 Å². The molecule has 0 fully saturated rings. The zero-order chi connectivity index (χ0) is 21.9. The van der Waals surface area contributed by atoms with Gasteiger partial charge in [0.1, 0.15) is 11.2 Å². The highest BCUT2D eigenvalue weighted by atomic mass is 19.4. The molecule has 4 aromatic rings. The number of benzene rings is 1. The summed E-state index contributed by atoms with van der Waals surface area (Å²) < 4.78 is 42.1. The van der Waals surface area contributed by atoms with E-state index in [-0.39, 0.29) is 11.9 Å². The number of anilines is 1. The first kappa shape index (κ1) is 19.3. The number of carbonyl (C=O) groups is 1. The second-order valence-electron chi connectivity index (χ2n) is 7.56. The molecule has 3 aromatic heterocycles. The molecule has 0 saturated heterocycles. The van der Waals surface area contributed by atoms with Gasteiger partial charge in [-0.25, -0.2) is 0 Å². The molecule has 5 rings (SSSR count). The molecule has 0 radical (unpaired) electrons. The van der Waals surface area contributed by atoms with Crippen LogP contribution in [0.3, 0.4) is 0 Å². The van der Waals surface area contributed by atoms with Crippen LogP contribution >= 0.6 is 0 Å². The van der Waals surface area contributed by atoms with E-state index in [1.807, 2.05) is 13.0 Å². The van der Waals surface area contributed by atoms with E-state index in [2.05, 4.69) is 15.2 Å². The van der Waals surface area contributed by atoms with Gasteiger partial charge < -0.3 is 4.90 Å². The van der Waals surface area contributed by atoms with Crippen LogP contribution in [0, 0.1) is 0 Å². The molecule has 0 bridgehead atoms. The lowest BCUT2D eigenvalue weighted by molar-refractivity contribution is -0.137. The van der Waals surface area contributed by atoms with Gasteiger partial charge >= 0.3 is 6.18 Å². The average Bonchev–Trinajstić information content (AvgIpc) is 3.35. The van der Waals surface area contributed by atoms with Gasteiger partial charge in [-0.3, -0.25) is 19.1 Å². The molecular weight excluding hydrogens is 409 g/mol. The topological polar surface area (TPSA) is 68.8 Å². The van der Waals surface area contributed by atoms with Gasteiger partial charge in [0, 0.05) is 36.6 Å². The summed E-state index contributed by atoms with van der Waals surface area (Å²) in [5.41, 5.74) is 2.91. The van der Waals surface area contributed by atoms with Crippen molar-refractivity contribution in [3.8, 4) is 11.1 Å². The maximum atomic E-state index is 13.4. The molecule has 1 atom stereocenters. The molecule has 0 aliphatic carbocycles. The fraction of sp³-hybridized carbons (Fsp3) is 0.238. The lowest BCUT2D eigenvalue weighted by atomic mass is 10.0. The molecule has 158 valence electrons. The summed E-state index contributed by atoms with van der Waals surface area (Å²) in [6.45, 7) is 2.21. The number of aromatic nitrogens is 5. The maximum absolute atomic E-state index is 13.4. The van der Waals surface area contributed by atoms with Gasteiger partial charge in [0.15, 0.2) is 0 Å². The Morgan fingerprint density at radius 3 is 2.52 bits per heavy atom. The third-order valence-corrected chi connectivity index (χ3v) is 5.52. The number of aryl methyl sites for hydroxylation is 1. The molecule has 0 spiro atoms. The highest BCUT2D eigenvalue weighted by Gasteiger charge is 2.35. The molecule has 1 aliphatic rings. The number of nitrogens with zero attached hydrogens (tertiary/aromatic N) is 6. The second kappa shape index (κ2) is 6.66. The first-order valence-corrected chi connectivity index (χ1v) is 9.59. The van der Waals surface area contributed by atoms with Crippen LogP contribution in [0.25, 0.3) is 22.2 Å². The van der Waals surface area contributed by atoms with E-state index in [0.717, 1.165) is 23.2 Å². The predicted octanol–water partition coefficient (Wildman–Crippen LogP) is 4.07. The van der Waals surface area contributed by atoms with Crippen LogP contribution in [0.2, 0.25) is 0 Å². The lowest BCUT2D eigenvalue weighted by Gasteiger charge is -2.32. The number of fused-ring (bicyclic) bond motifs is 2. The van der Waals surface area contributed by atoms with Crippen molar-refractivity contribution in [3.05, 3.63) is 60.2 Å². The van der Waals surface area contributed by atoms with Crippen LogP contribution in [-0.2, 0) is 13.2 Å². The SMILES string of the molecule is C[C@H]1CN(c2ccc(C(F)(F)F)cc2)C(=O)c2c(-c3cnc4cnn(C)c4c3)cnn21. The lowest BCUT2D eigenvalue weighted by Crippen LogP contribution is -2.42. The molecule has 4 heterocycles. The minimum atomic E-state index is -4.43. The molecule has 1 amide bonds. The maximum Gasteiger partial charge on any atom is 0.416 e. The van der Waals surface area contributed by atoms with Crippen LogP contribution in [-0.4, -0.2) is 37.0 Å². The van der Waals surface area contributed by atoms with Gasteiger partial charge in [0.05, 0.1) is 29.5 Å². The van der Waals surface area contributed by atoms with Crippen molar-refractivity contribution < 1.29 is 18.0 Å². The highest BCUT2D eigenvalue weighted by Crippen LogP contribution is 2.35. The normalized spacial score (nSPS) is 16.7. The first-order chi connectivity index (χ1) is 14.7. The number of rotatable bonds is 2. The standard InChI is InChI=1S/C21H17F3N6O/c1-12-11-29(15-5-3-14(4-6-15)21(22,23)24)20(31)19-16(9-27-30(12)19)13-7-18-17(25-8-13)10-26-28(18)2/h3-10,12H,11H2,1-2H3/t12-/m0/s1. The zero-order valence-corrected chi connectivity index (χ0v) is 16.6. The van der Waals surface area contributed by atoms with Crippen molar-refractivity contribution >= 4 is 22.6 Å². The third kappa shape index (κ3) is 3.06. The second-order valence-corrected chi connectivity index (χ2v) is 7.56. The Morgan fingerprint density at radius 2 is 1.81 bits per heavy atom. The van der Waals surface area contributed by atoms with Crippen molar-refractivity contribution in [2.45, 2.75) is 19.1 Å². The molecule has 10 heteroatoms.